The second kappa shape index (κ2) is 5.68. The topological polar surface area (TPSA) is 83.9 Å². The first-order valence-electron chi connectivity index (χ1n) is 6.59. The fourth-order valence-corrected chi connectivity index (χ4v) is 5.58. The van der Waals surface area contributed by atoms with E-state index in [4.69, 9.17) is 9.84 Å². The van der Waals surface area contributed by atoms with Crippen LogP contribution in [0.4, 0.5) is 0 Å². The highest BCUT2D eigenvalue weighted by atomic mass is 32.2. The van der Waals surface area contributed by atoms with Crippen LogP contribution in [0.1, 0.15) is 35.0 Å². The zero-order valence-electron chi connectivity index (χ0n) is 12.2. The molecule has 1 aromatic rings. The predicted molar refractivity (Wildman–Crippen MR) is 79.4 cm³/mol. The van der Waals surface area contributed by atoms with Crippen molar-refractivity contribution in [3.63, 3.8) is 0 Å². The molecule has 1 aliphatic rings. The molecule has 1 unspecified atom stereocenters. The van der Waals surface area contributed by atoms with Gasteiger partial charge in [-0.15, -0.1) is 11.3 Å². The third-order valence-electron chi connectivity index (χ3n) is 3.80. The zero-order chi connectivity index (χ0) is 15.8. The van der Waals surface area contributed by atoms with Crippen LogP contribution >= 0.6 is 11.3 Å². The molecule has 6 nitrogen and oxygen atoms in total. The van der Waals surface area contributed by atoms with Gasteiger partial charge in [-0.2, -0.15) is 4.31 Å². The molecule has 0 aromatic carbocycles. The average molecular weight is 333 g/mol. The summed E-state index contributed by atoms with van der Waals surface area (Å²) in [5.41, 5.74) is -0.0228. The summed E-state index contributed by atoms with van der Waals surface area (Å²) < 4.78 is 32.2. The summed E-state index contributed by atoms with van der Waals surface area (Å²) >= 11 is 0.806. The van der Waals surface area contributed by atoms with Crippen LogP contribution in [0.15, 0.2) is 10.3 Å². The zero-order valence-corrected chi connectivity index (χ0v) is 13.9. The number of hydrogen-bond acceptors (Lipinski definition) is 5. The lowest BCUT2D eigenvalue weighted by Crippen LogP contribution is -2.49. The van der Waals surface area contributed by atoms with Crippen molar-refractivity contribution in [1.29, 1.82) is 0 Å². The van der Waals surface area contributed by atoms with Gasteiger partial charge in [-0.25, -0.2) is 13.2 Å². The van der Waals surface area contributed by atoms with E-state index in [9.17, 15) is 13.2 Å². The van der Waals surface area contributed by atoms with Gasteiger partial charge in [-0.05, 0) is 38.3 Å². The first-order chi connectivity index (χ1) is 9.69. The molecule has 1 aromatic heterocycles. The van der Waals surface area contributed by atoms with Gasteiger partial charge in [0.05, 0.1) is 5.60 Å². The monoisotopic (exact) mass is 333 g/mol. The lowest BCUT2D eigenvalue weighted by molar-refractivity contribution is -0.0319. The Morgan fingerprint density at radius 3 is 2.71 bits per heavy atom. The van der Waals surface area contributed by atoms with Crippen molar-refractivity contribution in [2.24, 2.45) is 0 Å². The fraction of sp³-hybridized carbons (Fsp3) is 0.615. The molecule has 0 bridgehead atoms. The minimum absolute atomic E-state index is 0.0695. The number of thiophene rings is 1. The van der Waals surface area contributed by atoms with E-state index in [1.165, 1.54) is 10.4 Å². The summed E-state index contributed by atoms with van der Waals surface area (Å²) in [6, 6.07) is 1.43. The highest BCUT2D eigenvalue weighted by molar-refractivity contribution is 7.91. The summed E-state index contributed by atoms with van der Waals surface area (Å²) in [5.74, 6) is -1.10. The van der Waals surface area contributed by atoms with Crippen LogP contribution in [0.25, 0.3) is 0 Å². The smallest absolute Gasteiger partial charge is 0.346 e. The van der Waals surface area contributed by atoms with Crippen LogP contribution in [0.3, 0.4) is 0 Å². The minimum atomic E-state index is -3.67. The first-order valence-corrected chi connectivity index (χ1v) is 8.84. The molecule has 8 heteroatoms. The highest BCUT2D eigenvalue weighted by Gasteiger charge is 2.38. The Balaban J connectivity index is 2.34. The lowest BCUT2D eigenvalue weighted by atomic mass is 9.96. The number of rotatable bonds is 4. The number of aryl methyl sites for hydroxylation is 1. The van der Waals surface area contributed by atoms with Gasteiger partial charge >= 0.3 is 5.97 Å². The molecule has 2 rings (SSSR count). The van der Waals surface area contributed by atoms with Crippen LogP contribution in [-0.2, 0) is 14.8 Å². The molecule has 0 spiro atoms. The molecule has 118 valence electrons. The highest BCUT2D eigenvalue weighted by Crippen LogP contribution is 2.32. The van der Waals surface area contributed by atoms with Crippen LogP contribution in [0.2, 0.25) is 0 Å². The largest absolute Gasteiger partial charge is 0.477 e. The third kappa shape index (κ3) is 3.13. The average Bonchev–Trinajstić information content (AvgIpc) is 2.82. The van der Waals surface area contributed by atoms with Crippen molar-refractivity contribution in [2.75, 3.05) is 20.2 Å². The molecule has 1 atom stereocenters. The van der Waals surface area contributed by atoms with Gasteiger partial charge in [-0.1, -0.05) is 0 Å². The molecular formula is C13H19NO5S2. The van der Waals surface area contributed by atoms with Crippen LogP contribution in [0, 0.1) is 6.92 Å². The Hall–Kier alpha value is -0.960. The number of nitrogens with zero attached hydrogens (tertiary/aromatic N) is 1. The van der Waals surface area contributed by atoms with Gasteiger partial charge in [0.25, 0.3) is 10.0 Å². The number of carbonyl (C=O) groups is 1. The molecule has 21 heavy (non-hydrogen) atoms. The molecule has 1 aliphatic heterocycles. The van der Waals surface area contributed by atoms with E-state index in [-0.39, 0.29) is 15.6 Å². The third-order valence-corrected chi connectivity index (χ3v) is 7.32. The molecule has 0 saturated carbocycles. The summed E-state index contributed by atoms with van der Waals surface area (Å²) in [6.45, 7) is 4.21. The van der Waals surface area contributed by atoms with E-state index in [2.05, 4.69) is 0 Å². The molecule has 1 N–H and O–H groups in total. The fourth-order valence-electron chi connectivity index (χ4n) is 2.45. The number of piperidine rings is 1. The van der Waals surface area contributed by atoms with Crippen molar-refractivity contribution in [1.82, 2.24) is 4.31 Å². The molecule has 0 amide bonds. The summed E-state index contributed by atoms with van der Waals surface area (Å²) in [4.78, 5) is 11.1. The Morgan fingerprint density at radius 2 is 2.19 bits per heavy atom. The summed E-state index contributed by atoms with van der Waals surface area (Å²) in [6.07, 6.45) is 1.53. The number of hydrogen-bond donors (Lipinski definition) is 1. The van der Waals surface area contributed by atoms with Crippen molar-refractivity contribution in [3.8, 4) is 0 Å². The standard InChI is InChI=1S/C13H19NO5S2/c1-9-7-10(20-11(9)12(15)16)21(17,18)14-6-4-5-13(2,8-14)19-3/h7H,4-6,8H2,1-3H3,(H,15,16). The van der Waals surface area contributed by atoms with Gasteiger partial charge in [0, 0.05) is 20.2 Å². The van der Waals surface area contributed by atoms with Gasteiger partial charge in [-0.3, -0.25) is 0 Å². The maximum absolute atomic E-state index is 12.7. The van der Waals surface area contributed by atoms with Gasteiger partial charge in [0.15, 0.2) is 0 Å². The van der Waals surface area contributed by atoms with E-state index in [0.29, 0.717) is 12.1 Å². The van der Waals surface area contributed by atoms with Crippen molar-refractivity contribution >= 4 is 27.3 Å². The van der Waals surface area contributed by atoms with Crippen LogP contribution in [0.5, 0.6) is 0 Å². The number of carboxylic acid groups (broad SMARTS) is 1. The normalized spacial score (nSPS) is 24.1. The Labute approximate surface area is 128 Å². The minimum Gasteiger partial charge on any atom is -0.477 e. The SMILES string of the molecule is COC1(C)CCCN(S(=O)(=O)c2cc(C)c(C(=O)O)s2)C1. The van der Waals surface area contributed by atoms with Crippen LogP contribution in [-0.4, -0.2) is 49.6 Å². The van der Waals surface area contributed by atoms with E-state index in [1.54, 1.807) is 14.0 Å². The molecule has 0 radical (unpaired) electrons. The first kappa shape index (κ1) is 16.4. The summed E-state index contributed by atoms with van der Waals surface area (Å²) in [5, 5.41) is 9.06. The maximum Gasteiger partial charge on any atom is 0.346 e. The van der Waals surface area contributed by atoms with Gasteiger partial charge < -0.3 is 9.84 Å². The second-order valence-corrected chi connectivity index (χ2v) is 8.70. The van der Waals surface area contributed by atoms with Crippen LogP contribution < -0.4 is 0 Å². The quantitative estimate of drug-likeness (QED) is 0.910. The number of ether oxygens (including phenoxy) is 1. The maximum atomic E-state index is 12.7. The van der Waals surface area contributed by atoms with Crippen molar-refractivity contribution in [3.05, 3.63) is 16.5 Å². The predicted octanol–water partition coefficient (Wildman–Crippen LogP) is 1.94. The van der Waals surface area contributed by atoms with Crippen molar-refractivity contribution < 1.29 is 23.1 Å². The van der Waals surface area contributed by atoms with E-state index >= 15 is 0 Å². The molecular weight excluding hydrogens is 314 g/mol. The van der Waals surface area contributed by atoms with E-state index in [1.807, 2.05) is 6.92 Å². The number of sulfonamides is 1. The van der Waals surface area contributed by atoms with Crippen molar-refractivity contribution in [2.45, 2.75) is 36.5 Å². The number of methoxy groups -OCH3 is 1. The van der Waals surface area contributed by atoms with Gasteiger partial charge in [0.1, 0.15) is 9.09 Å². The summed E-state index contributed by atoms with van der Waals surface area (Å²) in [7, 11) is -2.09. The number of aromatic carboxylic acids is 1. The van der Waals surface area contributed by atoms with E-state index in [0.717, 1.165) is 24.2 Å². The second-order valence-electron chi connectivity index (χ2n) is 5.48. The Morgan fingerprint density at radius 1 is 1.52 bits per heavy atom. The molecule has 1 fully saturated rings. The molecule has 1 saturated heterocycles. The molecule has 2 heterocycles. The Kier molecular flexibility index (Phi) is 4.44. The van der Waals surface area contributed by atoms with E-state index < -0.39 is 21.6 Å². The van der Waals surface area contributed by atoms with Gasteiger partial charge in [0.2, 0.25) is 0 Å². The Bertz CT molecular complexity index is 652. The molecule has 0 aliphatic carbocycles. The lowest BCUT2D eigenvalue weighted by Gasteiger charge is -2.38. The number of carboxylic acids is 1.